The van der Waals surface area contributed by atoms with E-state index in [1.165, 1.54) is 11.3 Å². The minimum absolute atomic E-state index is 0.0867. The topological polar surface area (TPSA) is 71.5 Å². The molecule has 1 fully saturated rings. The predicted molar refractivity (Wildman–Crippen MR) is 86.2 cm³/mol. The van der Waals surface area contributed by atoms with Crippen molar-refractivity contribution in [2.45, 2.75) is 39.5 Å². The Balaban J connectivity index is 1.83. The summed E-state index contributed by atoms with van der Waals surface area (Å²) in [5.74, 6) is 0.170. The highest BCUT2D eigenvalue weighted by Gasteiger charge is 2.28. The van der Waals surface area contributed by atoms with E-state index in [4.69, 9.17) is 4.74 Å². The highest BCUT2D eigenvalue weighted by Crippen LogP contribution is 2.26. The van der Waals surface area contributed by atoms with Gasteiger partial charge in [-0.1, -0.05) is 13.8 Å². The molecule has 1 aromatic rings. The molecule has 1 saturated heterocycles. The van der Waals surface area contributed by atoms with Crippen LogP contribution < -0.4 is 5.32 Å². The standard InChI is InChI=1S/C15H23N3O3S/c1-4-21-13(19)11-5-7-18(8-6-11)15(20)17-14-16-9-12(22-14)10(2)3/h9-11H,4-8H2,1-3H3,(H,16,17,20). The Kier molecular flexibility index (Phi) is 5.76. The molecule has 0 aromatic carbocycles. The van der Waals surface area contributed by atoms with Gasteiger partial charge in [-0.05, 0) is 25.7 Å². The number of likely N-dealkylation sites (tertiary alicyclic amines) is 1. The number of rotatable bonds is 4. The molecule has 0 aliphatic carbocycles. The number of hydrogen-bond donors (Lipinski definition) is 1. The number of thiazole rings is 1. The van der Waals surface area contributed by atoms with Crippen LogP contribution in [0.2, 0.25) is 0 Å². The van der Waals surface area contributed by atoms with Crippen LogP contribution in [0.1, 0.15) is 44.4 Å². The second-order valence-corrected chi connectivity index (χ2v) is 6.73. The maximum absolute atomic E-state index is 12.2. The number of hydrogen-bond acceptors (Lipinski definition) is 5. The van der Waals surface area contributed by atoms with Gasteiger partial charge in [0.05, 0.1) is 12.5 Å². The number of carbonyl (C=O) groups is 2. The number of piperidine rings is 1. The summed E-state index contributed by atoms with van der Waals surface area (Å²) < 4.78 is 5.03. The molecule has 0 radical (unpaired) electrons. The summed E-state index contributed by atoms with van der Waals surface area (Å²) in [6, 6.07) is -0.146. The average Bonchev–Trinajstić information content (AvgIpc) is 2.96. The van der Waals surface area contributed by atoms with Crippen LogP contribution in [0.5, 0.6) is 0 Å². The fraction of sp³-hybridized carbons (Fsp3) is 0.667. The van der Waals surface area contributed by atoms with Gasteiger partial charge in [0.15, 0.2) is 5.13 Å². The lowest BCUT2D eigenvalue weighted by atomic mass is 9.97. The molecule has 0 unspecified atom stereocenters. The van der Waals surface area contributed by atoms with E-state index >= 15 is 0 Å². The first-order chi connectivity index (χ1) is 10.5. The van der Waals surface area contributed by atoms with E-state index in [1.54, 1.807) is 18.0 Å². The molecule has 2 rings (SSSR count). The van der Waals surface area contributed by atoms with E-state index < -0.39 is 0 Å². The zero-order chi connectivity index (χ0) is 16.1. The van der Waals surface area contributed by atoms with Gasteiger partial charge >= 0.3 is 12.0 Å². The zero-order valence-electron chi connectivity index (χ0n) is 13.3. The number of ether oxygens (including phenoxy) is 1. The Hall–Kier alpha value is -1.63. The van der Waals surface area contributed by atoms with Gasteiger partial charge in [0.1, 0.15) is 0 Å². The Morgan fingerprint density at radius 3 is 2.68 bits per heavy atom. The molecule has 6 nitrogen and oxygen atoms in total. The number of anilines is 1. The number of aromatic nitrogens is 1. The van der Waals surface area contributed by atoms with Crippen molar-refractivity contribution >= 4 is 28.5 Å². The molecule has 0 atom stereocenters. The summed E-state index contributed by atoms with van der Waals surface area (Å²) in [5.41, 5.74) is 0. The smallest absolute Gasteiger partial charge is 0.323 e. The van der Waals surface area contributed by atoms with E-state index in [1.807, 2.05) is 0 Å². The van der Waals surface area contributed by atoms with Crippen molar-refractivity contribution < 1.29 is 14.3 Å². The van der Waals surface area contributed by atoms with Crippen molar-refractivity contribution in [1.29, 1.82) is 0 Å². The van der Waals surface area contributed by atoms with Gasteiger partial charge in [-0.3, -0.25) is 10.1 Å². The van der Waals surface area contributed by atoms with Gasteiger partial charge in [-0.2, -0.15) is 0 Å². The third kappa shape index (κ3) is 4.19. The Bertz CT molecular complexity index is 522. The quantitative estimate of drug-likeness (QED) is 0.864. The molecule has 2 amide bonds. The highest BCUT2D eigenvalue weighted by atomic mass is 32.1. The van der Waals surface area contributed by atoms with E-state index in [-0.39, 0.29) is 17.9 Å². The zero-order valence-corrected chi connectivity index (χ0v) is 14.1. The van der Waals surface area contributed by atoms with E-state index in [0.717, 1.165) is 4.88 Å². The second-order valence-electron chi connectivity index (χ2n) is 5.67. The van der Waals surface area contributed by atoms with Gasteiger partial charge in [-0.25, -0.2) is 9.78 Å². The predicted octanol–water partition coefficient (Wildman–Crippen LogP) is 3.07. The molecule has 0 spiro atoms. The molecule has 2 heterocycles. The van der Waals surface area contributed by atoms with Crippen molar-refractivity contribution in [1.82, 2.24) is 9.88 Å². The summed E-state index contributed by atoms with van der Waals surface area (Å²) in [6.45, 7) is 7.54. The average molecular weight is 325 g/mol. The highest BCUT2D eigenvalue weighted by molar-refractivity contribution is 7.15. The number of nitrogens with zero attached hydrogens (tertiary/aromatic N) is 2. The van der Waals surface area contributed by atoms with E-state index in [2.05, 4.69) is 24.1 Å². The molecule has 0 saturated carbocycles. The van der Waals surface area contributed by atoms with E-state index in [9.17, 15) is 9.59 Å². The number of esters is 1. The lowest BCUT2D eigenvalue weighted by Crippen LogP contribution is -2.42. The van der Waals surface area contributed by atoms with Crippen molar-refractivity contribution in [3.63, 3.8) is 0 Å². The molecule has 1 aliphatic heterocycles. The largest absolute Gasteiger partial charge is 0.466 e. The fourth-order valence-corrected chi connectivity index (χ4v) is 3.17. The molecule has 0 bridgehead atoms. The Morgan fingerprint density at radius 2 is 2.14 bits per heavy atom. The molecular weight excluding hydrogens is 302 g/mol. The molecule has 122 valence electrons. The third-order valence-electron chi connectivity index (χ3n) is 3.71. The first kappa shape index (κ1) is 16.7. The number of carbonyl (C=O) groups excluding carboxylic acids is 2. The minimum atomic E-state index is -0.149. The van der Waals surface area contributed by atoms with Crippen LogP contribution in [-0.4, -0.2) is 41.6 Å². The lowest BCUT2D eigenvalue weighted by molar-refractivity contribution is -0.149. The van der Waals surface area contributed by atoms with Crippen LogP contribution in [-0.2, 0) is 9.53 Å². The van der Waals surface area contributed by atoms with Crippen LogP contribution in [0.4, 0.5) is 9.93 Å². The van der Waals surface area contributed by atoms with Gasteiger partial charge in [-0.15, -0.1) is 11.3 Å². The van der Waals surface area contributed by atoms with Gasteiger partial charge in [0.25, 0.3) is 0 Å². The molecule has 1 aliphatic rings. The fourth-order valence-electron chi connectivity index (χ4n) is 2.36. The van der Waals surface area contributed by atoms with Gasteiger partial charge in [0, 0.05) is 24.2 Å². The van der Waals surface area contributed by atoms with Crippen LogP contribution in [0.25, 0.3) is 0 Å². The number of nitrogens with one attached hydrogen (secondary N) is 1. The van der Waals surface area contributed by atoms with Crippen molar-refractivity contribution in [3.05, 3.63) is 11.1 Å². The summed E-state index contributed by atoms with van der Waals surface area (Å²) in [4.78, 5) is 31.0. The van der Waals surface area contributed by atoms with Gasteiger partial charge in [0.2, 0.25) is 0 Å². The summed E-state index contributed by atoms with van der Waals surface area (Å²) >= 11 is 1.50. The summed E-state index contributed by atoms with van der Waals surface area (Å²) in [7, 11) is 0. The van der Waals surface area contributed by atoms with Crippen LogP contribution in [0.15, 0.2) is 6.20 Å². The van der Waals surface area contributed by atoms with Crippen LogP contribution >= 0.6 is 11.3 Å². The first-order valence-electron chi connectivity index (χ1n) is 7.69. The van der Waals surface area contributed by atoms with Crippen LogP contribution in [0.3, 0.4) is 0 Å². The Morgan fingerprint density at radius 1 is 1.45 bits per heavy atom. The van der Waals surface area contributed by atoms with Crippen molar-refractivity contribution in [2.75, 3.05) is 25.0 Å². The van der Waals surface area contributed by atoms with E-state index in [0.29, 0.717) is 43.6 Å². The molecule has 7 heteroatoms. The summed E-state index contributed by atoms with van der Waals surface area (Å²) in [6.07, 6.45) is 3.11. The number of amides is 2. The minimum Gasteiger partial charge on any atom is -0.466 e. The Labute approximate surface area is 134 Å². The van der Waals surface area contributed by atoms with Crippen molar-refractivity contribution in [3.8, 4) is 0 Å². The normalized spacial score (nSPS) is 15.9. The van der Waals surface area contributed by atoms with Crippen LogP contribution in [0, 0.1) is 5.92 Å². The monoisotopic (exact) mass is 325 g/mol. The maximum Gasteiger partial charge on any atom is 0.323 e. The first-order valence-corrected chi connectivity index (χ1v) is 8.51. The maximum atomic E-state index is 12.2. The number of urea groups is 1. The van der Waals surface area contributed by atoms with Gasteiger partial charge < -0.3 is 9.64 Å². The molecule has 1 aromatic heterocycles. The molecule has 1 N–H and O–H groups in total. The second kappa shape index (κ2) is 7.58. The van der Waals surface area contributed by atoms with Crippen molar-refractivity contribution in [2.24, 2.45) is 5.92 Å². The molecular formula is C15H23N3O3S. The third-order valence-corrected chi connectivity index (χ3v) is 4.92. The summed E-state index contributed by atoms with van der Waals surface area (Å²) in [5, 5.41) is 3.46. The molecule has 22 heavy (non-hydrogen) atoms. The lowest BCUT2D eigenvalue weighted by Gasteiger charge is -2.30. The SMILES string of the molecule is CCOC(=O)C1CCN(C(=O)Nc2ncc(C(C)C)s2)CC1.